The number of amides is 1. The zero-order valence-electron chi connectivity index (χ0n) is 15.6. The van der Waals surface area contributed by atoms with Gasteiger partial charge in [0.1, 0.15) is 6.54 Å². The van der Waals surface area contributed by atoms with E-state index in [4.69, 9.17) is 9.15 Å². The van der Waals surface area contributed by atoms with Crippen LogP contribution in [0.5, 0.6) is 0 Å². The minimum absolute atomic E-state index is 0.0680. The van der Waals surface area contributed by atoms with Crippen LogP contribution in [-0.4, -0.2) is 41.7 Å². The summed E-state index contributed by atoms with van der Waals surface area (Å²) in [5.74, 6) is -0.751. The quantitative estimate of drug-likeness (QED) is 0.704. The van der Waals surface area contributed by atoms with E-state index < -0.39 is 5.76 Å². The Balaban J connectivity index is 1.41. The van der Waals surface area contributed by atoms with Crippen LogP contribution in [0.3, 0.4) is 0 Å². The van der Waals surface area contributed by atoms with Crippen LogP contribution in [0.25, 0.3) is 11.1 Å². The first kappa shape index (κ1) is 18.5. The Labute approximate surface area is 162 Å². The van der Waals surface area contributed by atoms with E-state index in [1.54, 1.807) is 18.2 Å². The van der Waals surface area contributed by atoms with E-state index in [1.165, 1.54) is 10.1 Å². The summed E-state index contributed by atoms with van der Waals surface area (Å²) in [7, 11) is 0. The van der Waals surface area contributed by atoms with Gasteiger partial charge in [0.25, 0.3) is 0 Å². The highest BCUT2D eigenvalue weighted by atomic mass is 16.5. The maximum absolute atomic E-state index is 12.4. The fraction of sp³-hybridized carbons (Fsp3) is 0.333. The molecule has 0 saturated carbocycles. The molecule has 28 heavy (non-hydrogen) atoms. The number of fused-ring (bicyclic) bond motifs is 1. The van der Waals surface area contributed by atoms with Crippen LogP contribution in [0, 0.1) is 0 Å². The smallest absolute Gasteiger partial charge is 0.408 e. The van der Waals surface area contributed by atoms with Crippen LogP contribution in [0.2, 0.25) is 0 Å². The summed E-state index contributed by atoms with van der Waals surface area (Å²) in [6.45, 7) is 4.53. The molecule has 7 heteroatoms. The number of hydrogen-bond acceptors (Lipinski definition) is 5. The normalized spacial score (nSPS) is 15.0. The van der Waals surface area contributed by atoms with Gasteiger partial charge < -0.3 is 14.5 Å². The van der Waals surface area contributed by atoms with Crippen molar-refractivity contribution in [1.82, 2.24) is 14.8 Å². The molecule has 2 heterocycles. The van der Waals surface area contributed by atoms with Crippen LogP contribution in [0.15, 0.2) is 57.7 Å². The number of para-hydroxylation sites is 2. The Morgan fingerprint density at radius 2 is 1.71 bits per heavy atom. The average molecular weight is 381 g/mol. The van der Waals surface area contributed by atoms with Gasteiger partial charge in [-0.05, 0) is 23.3 Å². The predicted octanol–water partition coefficient (Wildman–Crippen LogP) is 1.74. The monoisotopic (exact) mass is 381 g/mol. The van der Waals surface area contributed by atoms with E-state index in [2.05, 4.69) is 16.3 Å². The highest BCUT2D eigenvalue weighted by Gasteiger charge is 2.14. The van der Waals surface area contributed by atoms with E-state index in [9.17, 15) is 9.59 Å². The van der Waals surface area contributed by atoms with E-state index in [0.717, 1.165) is 38.4 Å². The number of aromatic nitrogens is 1. The molecule has 0 aliphatic carbocycles. The second kappa shape index (κ2) is 8.41. The molecular weight excluding hydrogens is 358 g/mol. The van der Waals surface area contributed by atoms with Gasteiger partial charge in [-0.1, -0.05) is 36.4 Å². The van der Waals surface area contributed by atoms with Gasteiger partial charge in [0.15, 0.2) is 5.58 Å². The number of benzene rings is 2. The maximum Gasteiger partial charge on any atom is 0.420 e. The Bertz CT molecular complexity index is 1020. The number of rotatable bonds is 6. The highest BCUT2D eigenvalue weighted by Crippen LogP contribution is 2.14. The number of oxazole rings is 1. The molecule has 1 fully saturated rings. The number of morpholine rings is 1. The summed E-state index contributed by atoms with van der Waals surface area (Å²) in [5, 5.41) is 2.92. The summed E-state index contributed by atoms with van der Waals surface area (Å²) in [5.41, 5.74) is 3.37. The summed E-state index contributed by atoms with van der Waals surface area (Å²) < 4.78 is 11.9. The van der Waals surface area contributed by atoms with Crippen molar-refractivity contribution < 1.29 is 13.9 Å². The maximum atomic E-state index is 12.4. The van der Waals surface area contributed by atoms with Gasteiger partial charge in [0.2, 0.25) is 5.91 Å². The highest BCUT2D eigenvalue weighted by molar-refractivity contribution is 5.79. The zero-order valence-corrected chi connectivity index (χ0v) is 15.6. The Morgan fingerprint density at radius 1 is 1.00 bits per heavy atom. The minimum Gasteiger partial charge on any atom is -0.408 e. The van der Waals surface area contributed by atoms with Crippen LogP contribution in [-0.2, 0) is 29.2 Å². The van der Waals surface area contributed by atoms with Crippen molar-refractivity contribution in [2.45, 2.75) is 19.6 Å². The molecule has 3 aromatic rings. The third-order valence-electron chi connectivity index (χ3n) is 4.97. The zero-order chi connectivity index (χ0) is 19.3. The molecule has 1 aliphatic heterocycles. The molecule has 1 aromatic heterocycles. The topological polar surface area (TPSA) is 76.7 Å². The van der Waals surface area contributed by atoms with Gasteiger partial charge in [-0.25, -0.2) is 4.79 Å². The van der Waals surface area contributed by atoms with Crippen LogP contribution < -0.4 is 11.1 Å². The van der Waals surface area contributed by atoms with Crippen LogP contribution in [0.1, 0.15) is 11.1 Å². The van der Waals surface area contributed by atoms with Gasteiger partial charge in [-0.15, -0.1) is 0 Å². The molecule has 1 amide bonds. The lowest BCUT2D eigenvalue weighted by Gasteiger charge is -2.27. The van der Waals surface area contributed by atoms with E-state index in [0.29, 0.717) is 17.6 Å². The molecule has 146 valence electrons. The van der Waals surface area contributed by atoms with E-state index >= 15 is 0 Å². The van der Waals surface area contributed by atoms with Gasteiger partial charge >= 0.3 is 5.76 Å². The third-order valence-corrected chi connectivity index (χ3v) is 4.97. The molecule has 0 atom stereocenters. The number of nitrogens with one attached hydrogen (secondary N) is 1. The fourth-order valence-electron chi connectivity index (χ4n) is 3.44. The lowest BCUT2D eigenvalue weighted by atomic mass is 10.1. The molecule has 0 bridgehead atoms. The summed E-state index contributed by atoms with van der Waals surface area (Å²) in [6.07, 6.45) is 0. The number of nitrogens with zero attached hydrogens (tertiary/aromatic N) is 2. The lowest BCUT2D eigenvalue weighted by Crippen LogP contribution is -2.36. The largest absolute Gasteiger partial charge is 0.420 e. The number of carbonyl (C=O) groups is 1. The van der Waals surface area contributed by atoms with Gasteiger partial charge in [0, 0.05) is 26.2 Å². The Hall–Kier alpha value is -2.90. The molecule has 4 rings (SSSR count). The molecule has 0 radical (unpaired) electrons. The number of hydrogen-bond donors (Lipinski definition) is 1. The van der Waals surface area contributed by atoms with Gasteiger partial charge in [0.05, 0.1) is 18.7 Å². The summed E-state index contributed by atoms with van der Waals surface area (Å²) in [4.78, 5) is 26.8. The van der Waals surface area contributed by atoms with Crippen molar-refractivity contribution >= 4 is 17.0 Å². The van der Waals surface area contributed by atoms with Crippen molar-refractivity contribution in [3.8, 4) is 0 Å². The Morgan fingerprint density at radius 3 is 2.54 bits per heavy atom. The van der Waals surface area contributed by atoms with Gasteiger partial charge in [-0.3, -0.25) is 14.3 Å². The van der Waals surface area contributed by atoms with E-state index in [-0.39, 0.29) is 12.5 Å². The first-order valence-corrected chi connectivity index (χ1v) is 9.42. The van der Waals surface area contributed by atoms with Crippen LogP contribution in [0.4, 0.5) is 0 Å². The molecule has 1 saturated heterocycles. The third kappa shape index (κ3) is 4.16. The van der Waals surface area contributed by atoms with Crippen LogP contribution >= 0.6 is 0 Å². The van der Waals surface area contributed by atoms with Crippen molar-refractivity contribution in [3.63, 3.8) is 0 Å². The summed E-state index contributed by atoms with van der Waals surface area (Å²) in [6, 6.07) is 15.2. The van der Waals surface area contributed by atoms with Gasteiger partial charge in [-0.2, -0.15) is 0 Å². The van der Waals surface area contributed by atoms with Crippen molar-refractivity contribution in [2.75, 3.05) is 26.3 Å². The summed E-state index contributed by atoms with van der Waals surface area (Å²) >= 11 is 0. The number of carbonyl (C=O) groups excluding carboxylic acids is 1. The molecule has 0 spiro atoms. The first-order chi connectivity index (χ1) is 13.7. The molecule has 1 aliphatic rings. The standard InChI is InChI=1S/C21H23N3O4/c25-20(15-24-18-7-3-4-8-19(18)28-21(24)26)22-13-16-5-1-2-6-17(16)14-23-9-11-27-12-10-23/h1-8H,9-15H2,(H,22,25). The van der Waals surface area contributed by atoms with Crippen molar-refractivity contribution in [3.05, 3.63) is 70.2 Å². The molecule has 0 unspecified atom stereocenters. The van der Waals surface area contributed by atoms with Crippen molar-refractivity contribution in [2.24, 2.45) is 0 Å². The minimum atomic E-state index is -0.524. The fourth-order valence-corrected chi connectivity index (χ4v) is 3.44. The number of ether oxygens (including phenoxy) is 1. The lowest BCUT2D eigenvalue weighted by molar-refractivity contribution is -0.121. The molecule has 1 N–H and O–H groups in total. The predicted molar refractivity (Wildman–Crippen MR) is 105 cm³/mol. The average Bonchev–Trinajstić information content (AvgIpc) is 3.03. The second-order valence-corrected chi connectivity index (χ2v) is 6.86. The molecular formula is C21H23N3O4. The van der Waals surface area contributed by atoms with E-state index in [1.807, 2.05) is 24.3 Å². The first-order valence-electron chi connectivity index (χ1n) is 9.42. The van der Waals surface area contributed by atoms with Crippen molar-refractivity contribution in [1.29, 1.82) is 0 Å². The Kier molecular flexibility index (Phi) is 5.55. The second-order valence-electron chi connectivity index (χ2n) is 6.86. The molecule has 2 aromatic carbocycles. The molecule has 7 nitrogen and oxygen atoms in total. The SMILES string of the molecule is O=C(Cn1c(=O)oc2ccccc21)NCc1ccccc1CN1CCOCC1.